The van der Waals surface area contributed by atoms with Gasteiger partial charge in [0.25, 0.3) is 0 Å². The third-order valence-electron chi connectivity index (χ3n) is 2.50. The SMILES string of the molecule is CON[C@H](C)[C@H]1CC1(C)C. The van der Waals surface area contributed by atoms with Crippen molar-refractivity contribution in [2.75, 3.05) is 7.11 Å². The van der Waals surface area contributed by atoms with Crippen molar-refractivity contribution >= 4 is 0 Å². The van der Waals surface area contributed by atoms with E-state index in [2.05, 4.69) is 26.3 Å². The normalized spacial score (nSPS) is 31.8. The molecular formula is C8H17NO. The zero-order valence-electron chi connectivity index (χ0n) is 7.27. The second kappa shape index (κ2) is 2.51. The summed E-state index contributed by atoms with van der Waals surface area (Å²) in [5.74, 6) is 0.799. The molecule has 1 fully saturated rings. The Morgan fingerprint density at radius 1 is 1.60 bits per heavy atom. The van der Waals surface area contributed by atoms with Crippen LogP contribution in [0.15, 0.2) is 0 Å². The molecular weight excluding hydrogens is 126 g/mol. The number of hydrogen-bond acceptors (Lipinski definition) is 2. The average Bonchev–Trinajstić information content (AvgIpc) is 2.41. The largest absolute Gasteiger partial charge is 0.305 e. The minimum absolute atomic E-state index is 0.500. The number of hydrogen-bond donors (Lipinski definition) is 1. The van der Waals surface area contributed by atoms with Gasteiger partial charge >= 0.3 is 0 Å². The first kappa shape index (κ1) is 8.02. The first-order valence-corrected chi connectivity index (χ1v) is 3.86. The number of nitrogens with one attached hydrogen (secondary N) is 1. The molecule has 0 aromatic carbocycles. The zero-order valence-corrected chi connectivity index (χ0v) is 7.27. The van der Waals surface area contributed by atoms with E-state index < -0.39 is 0 Å². The Hall–Kier alpha value is -0.0800. The Bertz CT molecular complexity index is 122. The van der Waals surface area contributed by atoms with Crippen molar-refractivity contribution < 1.29 is 4.84 Å². The Morgan fingerprint density at radius 2 is 2.10 bits per heavy atom. The van der Waals surface area contributed by atoms with Gasteiger partial charge in [-0.1, -0.05) is 13.8 Å². The molecule has 1 rings (SSSR count). The summed E-state index contributed by atoms with van der Waals surface area (Å²) in [5, 5.41) is 0. The smallest absolute Gasteiger partial charge is 0.0572 e. The minimum atomic E-state index is 0.500. The predicted molar refractivity (Wildman–Crippen MR) is 41.5 cm³/mol. The molecule has 1 saturated carbocycles. The maximum atomic E-state index is 4.85. The summed E-state index contributed by atoms with van der Waals surface area (Å²) in [5.41, 5.74) is 3.51. The van der Waals surface area contributed by atoms with E-state index in [-0.39, 0.29) is 0 Å². The van der Waals surface area contributed by atoms with E-state index in [0.717, 1.165) is 5.92 Å². The lowest BCUT2D eigenvalue weighted by Gasteiger charge is -2.12. The molecule has 0 amide bonds. The van der Waals surface area contributed by atoms with E-state index in [1.165, 1.54) is 6.42 Å². The van der Waals surface area contributed by atoms with E-state index >= 15 is 0 Å². The molecule has 2 nitrogen and oxygen atoms in total. The van der Waals surface area contributed by atoms with Crippen LogP contribution < -0.4 is 5.48 Å². The molecule has 0 heterocycles. The van der Waals surface area contributed by atoms with E-state index in [9.17, 15) is 0 Å². The monoisotopic (exact) mass is 143 g/mol. The average molecular weight is 143 g/mol. The number of rotatable bonds is 3. The maximum Gasteiger partial charge on any atom is 0.0572 e. The highest BCUT2D eigenvalue weighted by molar-refractivity contribution is 4.99. The van der Waals surface area contributed by atoms with Gasteiger partial charge in [0.05, 0.1) is 7.11 Å². The second-order valence-corrected chi connectivity index (χ2v) is 3.91. The summed E-state index contributed by atoms with van der Waals surface area (Å²) in [7, 11) is 1.67. The van der Waals surface area contributed by atoms with Crippen LogP contribution in [0.4, 0.5) is 0 Å². The third-order valence-corrected chi connectivity index (χ3v) is 2.50. The van der Waals surface area contributed by atoms with Crippen LogP contribution >= 0.6 is 0 Å². The summed E-state index contributed by atoms with van der Waals surface area (Å²) in [6.07, 6.45) is 1.32. The molecule has 0 bridgehead atoms. The topological polar surface area (TPSA) is 21.3 Å². The van der Waals surface area contributed by atoms with Gasteiger partial charge in [-0.3, -0.25) is 0 Å². The van der Waals surface area contributed by atoms with Gasteiger partial charge < -0.3 is 4.84 Å². The van der Waals surface area contributed by atoms with Crippen LogP contribution in [0.1, 0.15) is 27.2 Å². The lowest BCUT2D eigenvalue weighted by atomic mass is 10.1. The van der Waals surface area contributed by atoms with Crippen LogP contribution in [0.5, 0.6) is 0 Å². The van der Waals surface area contributed by atoms with E-state index in [1.54, 1.807) is 7.11 Å². The van der Waals surface area contributed by atoms with Gasteiger partial charge in [-0.2, -0.15) is 5.48 Å². The van der Waals surface area contributed by atoms with Gasteiger partial charge in [-0.05, 0) is 24.7 Å². The fourth-order valence-electron chi connectivity index (χ4n) is 1.63. The Kier molecular flexibility index (Phi) is 2.02. The van der Waals surface area contributed by atoms with Gasteiger partial charge in [0, 0.05) is 6.04 Å². The maximum absolute atomic E-state index is 4.85. The second-order valence-electron chi connectivity index (χ2n) is 3.91. The Balaban J connectivity index is 2.25. The molecule has 0 saturated heterocycles. The molecule has 2 heteroatoms. The lowest BCUT2D eigenvalue weighted by Crippen LogP contribution is -2.28. The zero-order chi connectivity index (χ0) is 7.78. The quantitative estimate of drug-likeness (QED) is 0.605. The molecule has 2 atom stereocenters. The van der Waals surface area contributed by atoms with Gasteiger partial charge in [0.1, 0.15) is 0 Å². The third kappa shape index (κ3) is 1.50. The van der Waals surface area contributed by atoms with Crippen LogP contribution in [-0.4, -0.2) is 13.2 Å². The predicted octanol–water partition coefficient (Wildman–Crippen LogP) is 1.57. The highest BCUT2D eigenvalue weighted by Crippen LogP contribution is 2.53. The highest BCUT2D eigenvalue weighted by atomic mass is 16.6. The van der Waals surface area contributed by atoms with Gasteiger partial charge in [0.15, 0.2) is 0 Å². The number of hydroxylamine groups is 1. The molecule has 60 valence electrons. The Morgan fingerprint density at radius 3 is 2.40 bits per heavy atom. The molecule has 10 heavy (non-hydrogen) atoms. The van der Waals surface area contributed by atoms with Crippen molar-refractivity contribution in [1.82, 2.24) is 5.48 Å². The fourth-order valence-corrected chi connectivity index (χ4v) is 1.63. The standard InChI is InChI=1S/C8H17NO/c1-6(9-10-4)7-5-8(7,2)3/h6-7,9H,5H2,1-4H3/t6-,7-/m1/s1. The van der Waals surface area contributed by atoms with E-state index in [0.29, 0.717) is 11.5 Å². The van der Waals surface area contributed by atoms with Crippen molar-refractivity contribution in [3.63, 3.8) is 0 Å². The molecule has 0 aromatic heterocycles. The van der Waals surface area contributed by atoms with Crippen LogP contribution in [-0.2, 0) is 4.84 Å². The van der Waals surface area contributed by atoms with Crippen molar-refractivity contribution in [3.05, 3.63) is 0 Å². The van der Waals surface area contributed by atoms with Crippen molar-refractivity contribution in [1.29, 1.82) is 0 Å². The fraction of sp³-hybridized carbons (Fsp3) is 1.00. The molecule has 0 unspecified atom stereocenters. The highest BCUT2D eigenvalue weighted by Gasteiger charge is 2.48. The summed E-state index contributed by atoms with van der Waals surface area (Å²) >= 11 is 0. The first-order valence-electron chi connectivity index (χ1n) is 3.86. The summed E-state index contributed by atoms with van der Waals surface area (Å²) < 4.78 is 0. The van der Waals surface area contributed by atoms with Crippen LogP contribution in [0.25, 0.3) is 0 Å². The molecule has 0 spiro atoms. The van der Waals surface area contributed by atoms with Crippen LogP contribution in [0, 0.1) is 11.3 Å². The van der Waals surface area contributed by atoms with E-state index in [1.807, 2.05) is 0 Å². The first-order chi connectivity index (χ1) is 4.58. The van der Waals surface area contributed by atoms with Crippen LogP contribution in [0.3, 0.4) is 0 Å². The molecule has 1 aliphatic carbocycles. The molecule has 1 aliphatic rings. The molecule has 0 aliphatic heterocycles. The molecule has 1 N–H and O–H groups in total. The Labute approximate surface area is 62.9 Å². The molecule has 0 aromatic rings. The molecule has 0 radical (unpaired) electrons. The minimum Gasteiger partial charge on any atom is -0.305 e. The van der Waals surface area contributed by atoms with Crippen molar-refractivity contribution in [2.24, 2.45) is 11.3 Å². The van der Waals surface area contributed by atoms with Gasteiger partial charge in [0.2, 0.25) is 0 Å². The van der Waals surface area contributed by atoms with Gasteiger partial charge in [-0.25, -0.2) is 0 Å². The van der Waals surface area contributed by atoms with Crippen LogP contribution in [0.2, 0.25) is 0 Å². The summed E-state index contributed by atoms with van der Waals surface area (Å²) in [6.45, 7) is 6.76. The summed E-state index contributed by atoms with van der Waals surface area (Å²) in [4.78, 5) is 4.85. The lowest BCUT2D eigenvalue weighted by molar-refractivity contribution is 0.0560. The van der Waals surface area contributed by atoms with E-state index in [4.69, 9.17) is 4.84 Å². The summed E-state index contributed by atoms with van der Waals surface area (Å²) in [6, 6.07) is 0.500. The van der Waals surface area contributed by atoms with Gasteiger partial charge in [-0.15, -0.1) is 0 Å². The van der Waals surface area contributed by atoms with Crippen molar-refractivity contribution in [2.45, 2.75) is 33.2 Å². The van der Waals surface area contributed by atoms with Crippen molar-refractivity contribution in [3.8, 4) is 0 Å².